The fourth-order valence-electron chi connectivity index (χ4n) is 2.18. The molecule has 0 aliphatic heterocycles. The molecule has 25 heavy (non-hydrogen) atoms. The van der Waals surface area contributed by atoms with E-state index in [0.717, 1.165) is 10.4 Å². The van der Waals surface area contributed by atoms with E-state index in [9.17, 15) is 9.59 Å². The molecule has 0 unspecified atom stereocenters. The average molecular weight is 381 g/mol. The summed E-state index contributed by atoms with van der Waals surface area (Å²) in [7, 11) is 1.33. The number of nitrogens with two attached hydrogens (primary N) is 1. The number of carbonyl (C=O) groups excluding carboxylic acids is 2. The van der Waals surface area contributed by atoms with Crippen LogP contribution in [-0.4, -0.2) is 33.9 Å². The maximum Gasteiger partial charge on any atom is 0.341 e. The molecule has 0 saturated carbocycles. The first-order chi connectivity index (χ1) is 11.8. The van der Waals surface area contributed by atoms with Crippen molar-refractivity contribution in [2.45, 2.75) is 27.3 Å². The number of aryl methyl sites for hydroxylation is 2. The summed E-state index contributed by atoms with van der Waals surface area (Å²) in [5.74, 6) is -1.10. The number of rotatable bonds is 5. The topological polar surface area (TPSA) is 111 Å². The van der Waals surface area contributed by atoms with Gasteiger partial charge >= 0.3 is 5.97 Å². The van der Waals surface area contributed by atoms with Crippen LogP contribution in [0.3, 0.4) is 0 Å². The summed E-state index contributed by atoms with van der Waals surface area (Å²) in [5.41, 5.74) is 7.10. The molecule has 0 aliphatic rings. The molecule has 2 aromatic heterocycles. The zero-order valence-corrected chi connectivity index (χ0v) is 15.9. The lowest BCUT2D eigenvalue weighted by molar-refractivity contribution is 0.0601. The molecule has 0 saturated heterocycles. The van der Waals surface area contributed by atoms with Crippen LogP contribution in [0.2, 0.25) is 0 Å². The number of nitrogens with one attached hydrogen (secondary N) is 2. The fraction of sp³-hybridized carbons (Fsp3) is 0.333. The van der Waals surface area contributed by atoms with Gasteiger partial charge in [-0.25, -0.2) is 4.79 Å². The Hall–Kier alpha value is -2.46. The Bertz CT molecular complexity index is 841. The third-order valence-corrected chi connectivity index (χ3v) is 4.90. The van der Waals surface area contributed by atoms with E-state index in [-0.39, 0.29) is 10.8 Å². The molecule has 0 fully saturated rings. The first-order valence-corrected chi connectivity index (χ1v) is 8.64. The number of thiophene rings is 1. The van der Waals surface area contributed by atoms with Crippen LogP contribution >= 0.6 is 23.6 Å². The molecule has 4 N–H and O–H groups in total. The van der Waals surface area contributed by atoms with Gasteiger partial charge < -0.3 is 21.1 Å². The second kappa shape index (κ2) is 7.62. The van der Waals surface area contributed by atoms with Crippen LogP contribution in [0.25, 0.3) is 0 Å². The van der Waals surface area contributed by atoms with Gasteiger partial charge in [0.2, 0.25) is 0 Å². The summed E-state index contributed by atoms with van der Waals surface area (Å²) in [6.07, 6.45) is 1.64. The van der Waals surface area contributed by atoms with E-state index in [1.54, 1.807) is 10.9 Å². The molecule has 2 aromatic rings. The van der Waals surface area contributed by atoms with E-state index in [4.69, 9.17) is 22.7 Å². The first kappa shape index (κ1) is 18.9. The number of carbonyl (C=O) groups is 2. The third-order valence-electron chi connectivity index (χ3n) is 3.57. The van der Waals surface area contributed by atoms with Crippen molar-refractivity contribution in [2.24, 2.45) is 5.73 Å². The predicted molar refractivity (Wildman–Crippen MR) is 101 cm³/mol. The summed E-state index contributed by atoms with van der Waals surface area (Å²) in [5, 5.41) is 10.7. The summed E-state index contributed by atoms with van der Waals surface area (Å²) >= 11 is 6.68. The van der Waals surface area contributed by atoms with Crippen molar-refractivity contribution < 1.29 is 14.3 Å². The van der Waals surface area contributed by atoms with Crippen LogP contribution in [0, 0.1) is 13.8 Å². The van der Waals surface area contributed by atoms with Gasteiger partial charge in [-0.15, -0.1) is 11.3 Å². The molecule has 0 radical (unpaired) electrons. The number of esters is 1. The van der Waals surface area contributed by atoms with Gasteiger partial charge in [-0.2, -0.15) is 5.10 Å². The molecule has 0 aliphatic carbocycles. The van der Waals surface area contributed by atoms with E-state index < -0.39 is 11.9 Å². The number of methoxy groups -OCH3 is 1. The van der Waals surface area contributed by atoms with Crippen molar-refractivity contribution >= 4 is 51.2 Å². The third kappa shape index (κ3) is 3.97. The van der Waals surface area contributed by atoms with Crippen molar-refractivity contribution in [3.8, 4) is 0 Å². The van der Waals surface area contributed by atoms with Gasteiger partial charge in [-0.3, -0.25) is 9.48 Å². The van der Waals surface area contributed by atoms with Crippen molar-refractivity contribution in [1.82, 2.24) is 9.78 Å². The van der Waals surface area contributed by atoms with E-state index in [0.29, 0.717) is 22.8 Å². The number of hydrogen-bond acceptors (Lipinski definition) is 6. The van der Waals surface area contributed by atoms with Crippen molar-refractivity contribution in [2.75, 3.05) is 17.7 Å². The predicted octanol–water partition coefficient (Wildman–Crippen LogP) is 2.28. The van der Waals surface area contributed by atoms with Crippen molar-refractivity contribution in [1.29, 1.82) is 0 Å². The molecule has 10 heteroatoms. The highest BCUT2D eigenvalue weighted by molar-refractivity contribution is 7.80. The largest absolute Gasteiger partial charge is 0.465 e. The highest BCUT2D eigenvalue weighted by Gasteiger charge is 2.21. The van der Waals surface area contributed by atoms with Gasteiger partial charge in [0.05, 0.1) is 18.4 Å². The number of nitrogens with zero attached hydrogens (tertiary/aromatic N) is 2. The lowest BCUT2D eigenvalue weighted by atomic mass is 10.1. The van der Waals surface area contributed by atoms with Crippen LogP contribution < -0.4 is 16.4 Å². The second-order valence-corrected chi connectivity index (χ2v) is 6.80. The Labute approximate surface area is 154 Å². The van der Waals surface area contributed by atoms with Gasteiger partial charge in [0.25, 0.3) is 5.91 Å². The van der Waals surface area contributed by atoms with Crippen LogP contribution in [0.15, 0.2) is 6.20 Å². The number of anilines is 2. The van der Waals surface area contributed by atoms with Crippen LogP contribution in [0.5, 0.6) is 0 Å². The van der Waals surface area contributed by atoms with Gasteiger partial charge in [0.1, 0.15) is 5.00 Å². The minimum Gasteiger partial charge on any atom is -0.465 e. The van der Waals surface area contributed by atoms with E-state index >= 15 is 0 Å². The van der Waals surface area contributed by atoms with Gasteiger partial charge in [-0.1, -0.05) is 0 Å². The Morgan fingerprint density at radius 2 is 2.08 bits per heavy atom. The number of thiocarbonyl (C=S) groups is 1. The SMILES string of the molecule is CCn1cc(NC(=S)Nc2sc(C)c(C)c2C(=O)OC)c(C(N)=O)n1. The highest BCUT2D eigenvalue weighted by atomic mass is 32.1. The lowest BCUT2D eigenvalue weighted by Crippen LogP contribution is -2.22. The summed E-state index contributed by atoms with van der Waals surface area (Å²) in [6.45, 7) is 6.22. The smallest absolute Gasteiger partial charge is 0.341 e. The number of ether oxygens (including phenoxy) is 1. The minimum atomic E-state index is -0.657. The minimum absolute atomic E-state index is 0.0951. The molecule has 2 rings (SSSR count). The van der Waals surface area contributed by atoms with Crippen molar-refractivity contribution in [3.63, 3.8) is 0 Å². The molecule has 0 aromatic carbocycles. The molecule has 2 heterocycles. The maximum absolute atomic E-state index is 12.0. The summed E-state index contributed by atoms with van der Waals surface area (Å²) < 4.78 is 6.40. The standard InChI is InChI=1S/C15H19N5O3S2/c1-5-20-6-9(11(19-20)12(16)21)17-15(24)18-13-10(14(22)23-4)7(2)8(3)25-13/h6H,5H2,1-4H3,(H2,16,21)(H2,17,18,24). The summed E-state index contributed by atoms with van der Waals surface area (Å²) in [6, 6.07) is 0. The van der Waals surface area contributed by atoms with Gasteiger partial charge in [-0.05, 0) is 38.6 Å². The molecule has 0 bridgehead atoms. The molecular formula is C15H19N5O3S2. The van der Waals surface area contributed by atoms with E-state index in [1.165, 1.54) is 18.4 Å². The Morgan fingerprint density at radius 1 is 1.40 bits per heavy atom. The number of amides is 1. The van der Waals surface area contributed by atoms with Gasteiger partial charge in [0.15, 0.2) is 10.8 Å². The maximum atomic E-state index is 12.0. The normalized spacial score (nSPS) is 10.4. The second-order valence-electron chi connectivity index (χ2n) is 5.17. The van der Waals surface area contributed by atoms with Crippen LogP contribution in [0.1, 0.15) is 38.2 Å². The molecule has 134 valence electrons. The van der Waals surface area contributed by atoms with E-state index in [1.807, 2.05) is 20.8 Å². The average Bonchev–Trinajstić information content (AvgIpc) is 3.08. The Kier molecular flexibility index (Phi) is 5.75. The Balaban J connectivity index is 2.25. The molecule has 0 spiro atoms. The number of aromatic nitrogens is 2. The Morgan fingerprint density at radius 3 is 2.64 bits per heavy atom. The molecular weight excluding hydrogens is 362 g/mol. The monoisotopic (exact) mass is 381 g/mol. The molecule has 8 nitrogen and oxygen atoms in total. The zero-order chi connectivity index (χ0) is 18.7. The van der Waals surface area contributed by atoms with Crippen molar-refractivity contribution in [3.05, 3.63) is 27.9 Å². The molecule has 0 atom stereocenters. The number of primary amides is 1. The molecule has 1 amide bonds. The first-order valence-electron chi connectivity index (χ1n) is 7.42. The van der Waals surface area contributed by atoms with E-state index in [2.05, 4.69) is 15.7 Å². The summed E-state index contributed by atoms with van der Waals surface area (Å²) in [4.78, 5) is 24.5. The van der Waals surface area contributed by atoms with Crippen LogP contribution in [-0.2, 0) is 11.3 Å². The zero-order valence-electron chi connectivity index (χ0n) is 14.3. The highest BCUT2D eigenvalue weighted by Crippen LogP contribution is 2.33. The van der Waals surface area contributed by atoms with Gasteiger partial charge in [0, 0.05) is 17.6 Å². The number of hydrogen-bond donors (Lipinski definition) is 3. The quantitative estimate of drug-likeness (QED) is 0.538. The van der Waals surface area contributed by atoms with Crippen LogP contribution in [0.4, 0.5) is 10.7 Å². The fourth-order valence-corrected chi connectivity index (χ4v) is 3.51. The lowest BCUT2D eigenvalue weighted by Gasteiger charge is -2.10.